The predicted molar refractivity (Wildman–Crippen MR) is 81.2 cm³/mol. The van der Waals surface area contributed by atoms with E-state index >= 15 is 0 Å². The summed E-state index contributed by atoms with van der Waals surface area (Å²) in [6.45, 7) is 1.97. The van der Waals surface area contributed by atoms with Crippen LogP contribution in [-0.4, -0.2) is 17.9 Å². The molecule has 1 heterocycles. The average Bonchev–Trinajstić information content (AvgIpc) is 2.47. The number of anilines is 1. The predicted octanol–water partition coefficient (Wildman–Crippen LogP) is 2.29. The van der Waals surface area contributed by atoms with Crippen LogP contribution >= 0.6 is 0 Å². The molecule has 0 aromatic heterocycles. The summed E-state index contributed by atoms with van der Waals surface area (Å²) in [6.07, 6.45) is 0.513. The molecule has 2 aromatic rings. The summed E-state index contributed by atoms with van der Waals surface area (Å²) in [5.41, 5.74) is 3.38. The van der Waals surface area contributed by atoms with Crippen molar-refractivity contribution in [2.24, 2.45) is 0 Å². The van der Waals surface area contributed by atoms with Gasteiger partial charge in [-0.2, -0.15) is 0 Å². The Morgan fingerprint density at radius 3 is 2.81 bits per heavy atom. The molecule has 0 spiro atoms. The van der Waals surface area contributed by atoms with Crippen LogP contribution in [0.5, 0.6) is 0 Å². The van der Waals surface area contributed by atoms with E-state index in [1.54, 1.807) is 6.07 Å². The minimum Gasteiger partial charge on any atom is -0.340 e. The summed E-state index contributed by atoms with van der Waals surface area (Å²) in [5.74, 6) is -0.385. The van der Waals surface area contributed by atoms with Gasteiger partial charge in [0.2, 0.25) is 5.91 Å². The van der Waals surface area contributed by atoms with Gasteiger partial charge in [-0.25, -0.2) is 0 Å². The third-order valence-electron chi connectivity index (χ3n) is 3.59. The molecule has 2 amide bonds. The number of fused-ring (bicyclic) bond motifs is 1. The molecule has 0 bridgehead atoms. The van der Waals surface area contributed by atoms with Gasteiger partial charge in [0.25, 0.3) is 5.91 Å². The zero-order valence-electron chi connectivity index (χ0n) is 11.7. The Labute approximate surface area is 123 Å². The smallest absolute Gasteiger partial charge is 0.252 e. The molecule has 21 heavy (non-hydrogen) atoms. The van der Waals surface area contributed by atoms with Gasteiger partial charge in [-0.15, -0.1) is 0 Å². The highest BCUT2D eigenvalue weighted by Gasteiger charge is 2.28. The number of hydrogen-bond donors (Lipinski definition) is 2. The third kappa shape index (κ3) is 2.79. The molecule has 106 valence electrons. The van der Waals surface area contributed by atoms with E-state index in [-0.39, 0.29) is 11.8 Å². The van der Waals surface area contributed by atoms with E-state index < -0.39 is 6.04 Å². The molecule has 2 aromatic carbocycles. The molecule has 0 radical (unpaired) electrons. The van der Waals surface area contributed by atoms with Crippen LogP contribution in [0.25, 0.3) is 0 Å². The Morgan fingerprint density at radius 2 is 2.00 bits per heavy atom. The van der Waals surface area contributed by atoms with Crippen molar-refractivity contribution in [3.8, 4) is 0 Å². The minimum atomic E-state index is -0.534. The summed E-state index contributed by atoms with van der Waals surface area (Å²) in [7, 11) is 0. The van der Waals surface area contributed by atoms with Crippen LogP contribution in [0.3, 0.4) is 0 Å². The van der Waals surface area contributed by atoms with Crippen LogP contribution in [0.2, 0.25) is 0 Å². The number of hydrogen-bond acceptors (Lipinski definition) is 2. The van der Waals surface area contributed by atoms with E-state index in [2.05, 4.69) is 10.6 Å². The maximum absolute atomic E-state index is 12.3. The molecule has 1 aliphatic heterocycles. The van der Waals surface area contributed by atoms with Crippen molar-refractivity contribution >= 4 is 17.5 Å². The lowest BCUT2D eigenvalue weighted by atomic mass is 9.95. The van der Waals surface area contributed by atoms with Crippen LogP contribution in [0.15, 0.2) is 48.5 Å². The fourth-order valence-electron chi connectivity index (χ4n) is 2.54. The SMILES string of the molecule is Cc1cccc(NC(=O)C2Cc3ccccc3C(=O)N2)c1. The number of carbonyl (C=O) groups excluding carboxylic acids is 2. The van der Waals surface area contributed by atoms with Crippen molar-refractivity contribution in [3.05, 3.63) is 65.2 Å². The van der Waals surface area contributed by atoms with Crippen LogP contribution in [-0.2, 0) is 11.2 Å². The van der Waals surface area contributed by atoms with Crippen molar-refractivity contribution in [1.29, 1.82) is 0 Å². The maximum Gasteiger partial charge on any atom is 0.252 e. The summed E-state index contributed by atoms with van der Waals surface area (Å²) >= 11 is 0. The first-order valence-corrected chi connectivity index (χ1v) is 6.90. The first-order valence-electron chi connectivity index (χ1n) is 6.90. The quantitative estimate of drug-likeness (QED) is 0.886. The lowest BCUT2D eigenvalue weighted by molar-refractivity contribution is -0.118. The van der Waals surface area contributed by atoms with Gasteiger partial charge in [-0.3, -0.25) is 9.59 Å². The molecule has 1 unspecified atom stereocenters. The Kier molecular flexibility index (Phi) is 3.44. The van der Waals surface area contributed by atoms with E-state index in [0.29, 0.717) is 12.0 Å². The molecule has 1 atom stereocenters. The van der Waals surface area contributed by atoms with E-state index in [1.807, 2.05) is 49.4 Å². The van der Waals surface area contributed by atoms with E-state index in [0.717, 1.165) is 16.8 Å². The zero-order valence-corrected chi connectivity index (χ0v) is 11.7. The van der Waals surface area contributed by atoms with Gasteiger partial charge in [-0.05, 0) is 36.2 Å². The first kappa shape index (κ1) is 13.4. The summed E-state index contributed by atoms with van der Waals surface area (Å²) in [4.78, 5) is 24.3. The van der Waals surface area contributed by atoms with E-state index in [9.17, 15) is 9.59 Å². The zero-order chi connectivity index (χ0) is 14.8. The second-order valence-electron chi connectivity index (χ2n) is 5.25. The van der Waals surface area contributed by atoms with Gasteiger partial charge in [-0.1, -0.05) is 30.3 Å². The molecule has 3 rings (SSSR count). The number of rotatable bonds is 2. The molecule has 0 saturated carbocycles. The lowest BCUT2D eigenvalue weighted by Crippen LogP contribution is -2.48. The Bertz CT molecular complexity index is 709. The van der Waals surface area contributed by atoms with Crippen molar-refractivity contribution in [2.75, 3.05) is 5.32 Å². The second-order valence-corrected chi connectivity index (χ2v) is 5.25. The lowest BCUT2D eigenvalue weighted by Gasteiger charge is -2.24. The molecule has 0 saturated heterocycles. The summed E-state index contributed by atoms with van der Waals surface area (Å²) in [6, 6.07) is 14.4. The number of benzene rings is 2. The molecule has 1 aliphatic rings. The number of aryl methyl sites for hydroxylation is 1. The van der Waals surface area contributed by atoms with Gasteiger partial charge >= 0.3 is 0 Å². The van der Waals surface area contributed by atoms with Gasteiger partial charge in [0.15, 0.2) is 0 Å². The van der Waals surface area contributed by atoms with Crippen LogP contribution < -0.4 is 10.6 Å². The molecule has 0 fully saturated rings. The van der Waals surface area contributed by atoms with Crippen molar-refractivity contribution in [2.45, 2.75) is 19.4 Å². The highest BCUT2D eigenvalue weighted by atomic mass is 16.2. The Hall–Kier alpha value is -2.62. The molecule has 0 aliphatic carbocycles. The average molecular weight is 280 g/mol. The van der Waals surface area contributed by atoms with Gasteiger partial charge in [0.1, 0.15) is 6.04 Å². The number of nitrogens with one attached hydrogen (secondary N) is 2. The topological polar surface area (TPSA) is 58.2 Å². The van der Waals surface area contributed by atoms with Gasteiger partial charge in [0, 0.05) is 17.7 Å². The number of carbonyl (C=O) groups is 2. The van der Waals surface area contributed by atoms with Gasteiger partial charge < -0.3 is 10.6 Å². The van der Waals surface area contributed by atoms with Crippen LogP contribution in [0.1, 0.15) is 21.5 Å². The van der Waals surface area contributed by atoms with E-state index in [1.165, 1.54) is 0 Å². The molecular formula is C17H16N2O2. The van der Waals surface area contributed by atoms with Crippen molar-refractivity contribution in [1.82, 2.24) is 5.32 Å². The standard InChI is InChI=1S/C17H16N2O2/c1-11-5-4-7-13(9-11)18-17(21)15-10-12-6-2-3-8-14(12)16(20)19-15/h2-9,15H,10H2,1H3,(H,18,21)(H,19,20). The van der Waals surface area contributed by atoms with Gasteiger partial charge in [0.05, 0.1) is 0 Å². The molecule has 2 N–H and O–H groups in total. The van der Waals surface area contributed by atoms with Crippen LogP contribution in [0, 0.1) is 6.92 Å². The molecule has 4 nitrogen and oxygen atoms in total. The first-order chi connectivity index (χ1) is 10.1. The second kappa shape index (κ2) is 5.40. The maximum atomic E-state index is 12.3. The minimum absolute atomic E-state index is 0.191. The van der Waals surface area contributed by atoms with E-state index in [4.69, 9.17) is 0 Å². The molecule has 4 heteroatoms. The monoisotopic (exact) mass is 280 g/mol. The molecular weight excluding hydrogens is 264 g/mol. The number of amides is 2. The Balaban J connectivity index is 1.76. The summed E-state index contributed by atoms with van der Waals surface area (Å²) < 4.78 is 0. The highest BCUT2D eigenvalue weighted by molar-refractivity contribution is 6.03. The van der Waals surface area contributed by atoms with Crippen molar-refractivity contribution in [3.63, 3.8) is 0 Å². The largest absolute Gasteiger partial charge is 0.340 e. The third-order valence-corrected chi connectivity index (χ3v) is 3.59. The fraction of sp³-hybridized carbons (Fsp3) is 0.176. The normalized spacial score (nSPS) is 16.8. The summed E-state index contributed by atoms with van der Waals surface area (Å²) in [5, 5.41) is 5.61. The highest BCUT2D eigenvalue weighted by Crippen LogP contribution is 2.18. The Morgan fingerprint density at radius 1 is 1.19 bits per heavy atom. The van der Waals surface area contributed by atoms with Crippen molar-refractivity contribution < 1.29 is 9.59 Å². The van der Waals surface area contributed by atoms with Crippen LogP contribution in [0.4, 0.5) is 5.69 Å². The fourth-order valence-corrected chi connectivity index (χ4v) is 2.54.